The van der Waals surface area contributed by atoms with Crippen LogP contribution in [0.4, 0.5) is 5.69 Å². The molecule has 0 fully saturated rings. The number of nitrogens with one attached hydrogen (secondary N) is 1. The molecule has 0 saturated carbocycles. The van der Waals surface area contributed by atoms with Gasteiger partial charge >= 0.3 is 0 Å². The zero-order chi connectivity index (χ0) is 19.2. The van der Waals surface area contributed by atoms with Crippen molar-refractivity contribution in [2.45, 2.75) is 26.9 Å². The first-order valence-corrected chi connectivity index (χ1v) is 9.71. The number of hydrogen-bond acceptors (Lipinski definition) is 1. The number of hydrogen-bond donors (Lipinski definition) is 1. The lowest BCUT2D eigenvalue weighted by Crippen LogP contribution is -2.34. The molecule has 0 radical (unpaired) electrons. The fraction of sp³-hybridized carbons (Fsp3) is 0.174. The van der Waals surface area contributed by atoms with Crippen LogP contribution in [0, 0.1) is 13.8 Å². The first-order chi connectivity index (χ1) is 13.0. The van der Waals surface area contributed by atoms with Crippen molar-refractivity contribution in [3.63, 3.8) is 0 Å². The highest BCUT2D eigenvalue weighted by atomic mass is 35.5. The van der Waals surface area contributed by atoms with Crippen LogP contribution in [0.1, 0.15) is 22.3 Å². The summed E-state index contributed by atoms with van der Waals surface area (Å²) in [5.74, 6) is 0. The summed E-state index contributed by atoms with van der Waals surface area (Å²) in [6.45, 7) is 5.60. The van der Waals surface area contributed by atoms with Gasteiger partial charge in [-0.3, -0.25) is 0 Å². The quantitative estimate of drug-likeness (QED) is 0.507. The van der Waals surface area contributed by atoms with Crippen molar-refractivity contribution in [3.8, 4) is 0 Å². The first kappa shape index (κ1) is 19.4. The zero-order valence-corrected chi connectivity index (χ0v) is 17.1. The van der Waals surface area contributed by atoms with Gasteiger partial charge in [-0.2, -0.15) is 0 Å². The Bertz CT molecular complexity index is 925. The van der Waals surface area contributed by atoms with Crippen LogP contribution in [0.15, 0.2) is 72.8 Å². The molecule has 0 atom stereocenters. The van der Waals surface area contributed by atoms with Crippen molar-refractivity contribution in [2.75, 3.05) is 5.32 Å². The number of rotatable bonds is 5. The normalized spacial score (nSPS) is 10.5. The Morgan fingerprint density at radius 1 is 0.889 bits per heavy atom. The number of nitrogens with zero attached hydrogens (tertiary/aromatic N) is 1. The van der Waals surface area contributed by atoms with E-state index in [1.165, 1.54) is 16.7 Å². The summed E-state index contributed by atoms with van der Waals surface area (Å²) in [6.07, 6.45) is 0. The Morgan fingerprint density at radius 3 is 2.30 bits per heavy atom. The summed E-state index contributed by atoms with van der Waals surface area (Å²) in [6, 6.07) is 24.6. The van der Waals surface area contributed by atoms with E-state index in [4.69, 9.17) is 23.8 Å². The molecule has 0 aliphatic heterocycles. The lowest BCUT2D eigenvalue weighted by molar-refractivity contribution is 0.413. The number of aryl methyl sites for hydroxylation is 2. The van der Waals surface area contributed by atoms with Gasteiger partial charge in [0.2, 0.25) is 0 Å². The molecule has 0 unspecified atom stereocenters. The average Bonchev–Trinajstić information content (AvgIpc) is 2.64. The minimum atomic E-state index is 0.687. The van der Waals surface area contributed by atoms with Crippen molar-refractivity contribution >= 4 is 34.6 Å². The second-order valence-electron chi connectivity index (χ2n) is 6.72. The van der Waals surface area contributed by atoms with Crippen LogP contribution < -0.4 is 5.32 Å². The fourth-order valence-electron chi connectivity index (χ4n) is 3.01. The molecule has 3 rings (SSSR count). The van der Waals surface area contributed by atoms with Crippen LogP contribution >= 0.6 is 23.8 Å². The molecule has 2 nitrogen and oxygen atoms in total. The third-order valence-electron chi connectivity index (χ3n) is 4.39. The van der Waals surface area contributed by atoms with Crippen LogP contribution in [-0.4, -0.2) is 10.0 Å². The molecule has 0 heterocycles. The molecule has 3 aromatic carbocycles. The van der Waals surface area contributed by atoms with Gasteiger partial charge in [0.15, 0.2) is 5.11 Å². The predicted molar refractivity (Wildman–Crippen MR) is 119 cm³/mol. The first-order valence-electron chi connectivity index (χ1n) is 8.93. The molecule has 0 aliphatic rings. The van der Waals surface area contributed by atoms with Crippen molar-refractivity contribution < 1.29 is 0 Å². The molecular formula is C23H23ClN2S. The molecule has 0 spiro atoms. The number of thiocarbonyl (C=S) groups is 1. The lowest BCUT2D eigenvalue weighted by Gasteiger charge is -2.27. The molecule has 4 heteroatoms. The lowest BCUT2D eigenvalue weighted by atomic mass is 10.1. The van der Waals surface area contributed by atoms with Crippen LogP contribution in [0.3, 0.4) is 0 Å². The van der Waals surface area contributed by atoms with E-state index in [-0.39, 0.29) is 0 Å². The van der Waals surface area contributed by atoms with E-state index < -0.39 is 0 Å². The Morgan fingerprint density at radius 2 is 1.59 bits per heavy atom. The SMILES string of the molecule is Cc1ccc(NC(=S)N(Cc2ccccc2)Cc2cccc(Cl)c2)c(C)c1. The zero-order valence-electron chi connectivity index (χ0n) is 15.6. The van der Waals surface area contributed by atoms with Gasteiger partial charge in [0, 0.05) is 23.8 Å². The maximum absolute atomic E-state index is 6.17. The number of anilines is 1. The van der Waals surface area contributed by atoms with Crippen molar-refractivity contribution in [3.05, 3.63) is 100 Å². The molecular weight excluding hydrogens is 372 g/mol. The third-order valence-corrected chi connectivity index (χ3v) is 4.98. The second kappa shape index (κ2) is 9.03. The third kappa shape index (κ3) is 5.56. The minimum Gasteiger partial charge on any atom is -0.340 e. The smallest absolute Gasteiger partial charge is 0.174 e. The Labute approximate surface area is 171 Å². The van der Waals surface area contributed by atoms with E-state index in [2.05, 4.69) is 60.5 Å². The molecule has 0 aliphatic carbocycles. The van der Waals surface area contributed by atoms with Gasteiger partial charge in [-0.15, -0.1) is 0 Å². The largest absolute Gasteiger partial charge is 0.340 e. The molecule has 3 aromatic rings. The highest BCUT2D eigenvalue weighted by Crippen LogP contribution is 2.19. The van der Waals surface area contributed by atoms with E-state index in [0.29, 0.717) is 11.7 Å². The Hall–Kier alpha value is -2.36. The van der Waals surface area contributed by atoms with Crippen molar-refractivity contribution in [1.82, 2.24) is 4.90 Å². The van der Waals surface area contributed by atoms with Gasteiger partial charge in [-0.25, -0.2) is 0 Å². The minimum absolute atomic E-state index is 0.687. The van der Waals surface area contributed by atoms with Gasteiger partial charge < -0.3 is 10.2 Å². The Kier molecular flexibility index (Phi) is 6.49. The highest BCUT2D eigenvalue weighted by Gasteiger charge is 2.13. The van der Waals surface area contributed by atoms with Crippen molar-refractivity contribution in [2.24, 2.45) is 0 Å². The van der Waals surface area contributed by atoms with Gasteiger partial charge in [0.05, 0.1) is 0 Å². The van der Waals surface area contributed by atoms with Crippen LogP contribution in [0.25, 0.3) is 0 Å². The van der Waals surface area contributed by atoms with Gasteiger partial charge in [0.25, 0.3) is 0 Å². The topological polar surface area (TPSA) is 15.3 Å². The van der Waals surface area contributed by atoms with Crippen LogP contribution in [-0.2, 0) is 13.1 Å². The summed E-state index contributed by atoms with van der Waals surface area (Å²) in [7, 11) is 0. The Balaban J connectivity index is 1.82. The van der Waals surface area contributed by atoms with Gasteiger partial charge in [0.1, 0.15) is 0 Å². The molecule has 138 valence electrons. The fourth-order valence-corrected chi connectivity index (χ4v) is 3.46. The number of benzene rings is 3. The maximum Gasteiger partial charge on any atom is 0.174 e. The monoisotopic (exact) mass is 394 g/mol. The number of halogens is 1. The molecule has 0 saturated heterocycles. The van der Waals surface area contributed by atoms with Crippen molar-refractivity contribution in [1.29, 1.82) is 0 Å². The average molecular weight is 395 g/mol. The summed E-state index contributed by atoms with van der Waals surface area (Å²) in [5, 5.41) is 4.85. The highest BCUT2D eigenvalue weighted by molar-refractivity contribution is 7.80. The molecule has 27 heavy (non-hydrogen) atoms. The van der Waals surface area contributed by atoms with Gasteiger partial charge in [-0.1, -0.05) is 71.8 Å². The van der Waals surface area contributed by atoms with E-state index in [1.807, 2.05) is 36.4 Å². The van der Waals surface area contributed by atoms with E-state index in [9.17, 15) is 0 Å². The van der Waals surface area contributed by atoms with E-state index in [1.54, 1.807) is 0 Å². The summed E-state index contributed by atoms with van der Waals surface area (Å²) < 4.78 is 0. The molecule has 1 N–H and O–H groups in total. The predicted octanol–water partition coefficient (Wildman–Crippen LogP) is 6.36. The van der Waals surface area contributed by atoms with Crippen LogP contribution in [0.2, 0.25) is 5.02 Å². The summed E-state index contributed by atoms with van der Waals surface area (Å²) in [5.41, 5.74) is 5.80. The summed E-state index contributed by atoms with van der Waals surface area (Å²) >= 11 is 11.9. The maximum atomic E-state index is 6.17. The van der Waals surface area contributed by atoms with Gasteiger partial charge in [-0.05, 0) is 61.0 Å². The molecule has 0 aromatic heterocycles. The second-order valence-corrected chi connectivity index (χ2v) is 7.54. The van der Waals surface area contributed by atoms with Crippen LogP contribution in [0.5, 0.6) is 0 Å². The molecule has 0 amide bonds. The standard InChI is InChI=1S/C23H23ClN2S/c1-17-11-12-22(18(2)13-17)25-23(27)26(15-19-7-4-3-5-8-19)16-20-9-6-10-21(24)14-20/h3-14H,15-16H2,1-2H3,(H,25,27). The summed E-state index contributed by atoms with van der Waals surface area (Å²) in [4.78, 5) is 2.16. The molecule has 0 bridgehead atoms. The van der Waals surface area contributed by atoms with E-state index >= 15 is 0 Å². The van der Waals surface area contributed by atoms with E-state index in [0.717, 1.165) is 22.8 Å².